The van der Waals surface area contributed by atoms with E-state index in [1.54, 1.807) is 20.8 Å². The van der Waals surface area contributed by atoms with Gasteiger partial charge in [0.15, 0.2) is 0 Å². The van der Waals surface area contributed by atoms with Crippen LogP contribution in [0, 0.1) is 5.41 Å². The first-order chi connectivity index (χ1) is 11.8. The van der Waals surface area contributed by atoms with Gasteiger partial charge in [-0.3, -0.25) is 4.90 Å². The van der Waals surface area contributed by atoms with E-state index < -0.39 is 23.5 Å². The molecule has 3 N–H and O–H groups in total. The predicted molar refractivity (Wildman–Crippen MR) is 97.3 cm³/mol. The molecule has 1 fully saturated rings. The maximum atomic E-state index is 12.1. The van der Waals surface area contributed by atoms with Crippen molar-refractivity contribution in [3.8, 4) is 0 Å². The van der Waals surface area contributed by atoms with Crippen LogP contribution in [0.4, 0.5) is 4.79 Å². The maximum Gasteiger partial charge on any atom is 0.326 e. The van der Waals surface area contributed by atoms with Crippen molar-refractivity contribution in [2.24, 2.45) is 5.41 Å². The number of hydrogen-bond donors (Lipinski definition) is 3. The van der Waals surface area contributed by atoms with Gasteiger partial charge in [-0.2, -0.15) is 0 Å². The van der Waals surface area contributed by atoms with Crippen molar-refractivity contribution in [3.05, 3.63) is 35.9 Å². The minimum atomic E-state index is -1.01. The van der Waals surface area contributed by atoms with E-state index >= 15 is 0 Å². The maximum absolute atomic E-state index is 12.1. The number of rotatable bonds is 5. The first kappa shape index (κ1) is 19.2. The number of urea groups is 1. The minimum absolute atomic E-state index is 0.0847. The molecule has 0 unspecified atom stereocenters. The first-order valence-electron chi connectivity index (χ1n) is 8.82. The number of carbonyl (C=O) groups excluding carboxylic acids is 1. The van der Waals surface area contributed by atoms with Gasteiger partial charge < -0.3 is 15.7 Å². The molecule has 1 atom stereocenters. The number of nitrogens with zero attached hydrogens (tertiary/aromatic N) is 1. The third-order valence-corrected chi connectivity index (χ3v) is 4.56. The van der Waals surface area contributed by atoms with Crippen LogP contribution < -0.4 is 10.6 Å². The molecule has 1 aromatic carbocycles. The average molecular weight is 347 g/mol. The fraction of sp³-hybridized carbons (Fsp3) is 0.579. The average Bonchev–Trinajstić information content (AvgIpc) is 2.54. The lowest BCUT2D eigenvalue weighted by atomic mass is 9.87. The molecule has 6 nitrogen and oxygen atoms in total. The zero-order valence-corrected chi connectivity index (χ0v) is 15.3. The second-order valence-electron chi connectivity index (χ2n) is 7.79. The lowest BCUT2D eigenvalue weighted by molar-refractivity contribution is -0.141. The molecule has 2 rings (SSSR count). The molecule has 1 aromatic rings. The van der Waals surface area contributed by atoms with Gasteiger partial charge in [-0.1, -0.05) is 51.1 Å². The van der Waals surface area contributed by atoms with Crippen LogP contribution in [-0.2, 0) is 11.3 Å². The molecule has 6 heteroatoms. The number of amides is 2. The van der Waals surface area contributed by atoms with Crippen LogP contribution >= 0.6 is 0 Å². The van der Waals surface area contributed by atoms with Gasteiger partial charge in [-0.15, -0.1) is 0 Å². The van der Waals surface area contributed by atoms with Gasteiger partial charge in [0.1, 0.15) is 6.04 Å². The van der Waals surface area contributed by atoms with E-state index in [0.29, 0.717) is 0 Å². The summed E-state index contributed by atoms with van der Waals surface area (Å²) in [5.41, 5.74) is 0.753. The number of likely N-dealkylation sites (tertiary alicyclic amines) is 1. The summed E-state index contributed by atoms with van der Waals surface area (Å²) in [7, 11) is 0. The molecule has 0 saturated carbocycles. The van der Waals surface area contributed by atoms with Crippen LogP contribution in [0.5, 0.6) is 0 Å². The van der Waals surface area contributed by atoms with Gasteiger partial charge in [0.25, 0.3) is 0 Å². The summed E-state index contributed by atoms with van der Waals surface area (Å²) in [6.45, 7) is 8.16. The summed E-state index contributed by atoms with van der Waals surface area (Å²) in [6.07, 6.45) is 1.74. The molecule has 1 saturated heterocycles. The second kappa shape index (κ2) is 8.34. The third kappa shape index (κ3) is 6.05. The summed E-state index contributed by atoms with van der Waals surface area (Å²) < 4.78 is 0. The molecule has 2 amide bonds. The Labute approximate surface area is 149 Å². The molecule has 0 bridgehead atoms. The first-order valence-corrected chi connectivity index (χ1v) is 8.82. The van der Waals surface area contributed by atoms with E-state index in [1.165, 1.54) is 5.56 Å². The Morgan fingerprint density at radius 3 is 2.32 bits per heavy atom. The normalized spacial score (nSPS) is 17.7. The number of benzene rings is 1. The summed E-state index contributed by atoms with van der Waals surface area (Å²) in [6, 6.07) is 9.12. The zero-order chi connectivity index (χ0) is 18.4. The van der Waals surface area contributed by atoms with Crippen LogP contribution in [0.2, 0.25) is 0 Å². The smallest absolute Gasteiger partial charge is 0.326 e. The number of piperidine rings is 1. The Bertz CT molecular complexity index is 575. The standard InChI is InChI=1S/C19H29N3O3/c1-19(2,3)16(17(23)24)21-18(25)20-15-9-11-22(12-10-15)13-14-7-5-4-6-8-14/h4-8,15-16H,9-13H2,1-3H3,(H,23,24)(H2,20,21,25)/t16-/m1/s1. The molecular weight excluding hydrogens is 318 g/mol. The Morgan fingerprint density at radius 1 is 1.20 bits per heavy atom. The van der Waals surface area contributed by atoms with Crippen molar-refractivity contribution in [1.29, 1.82) is 0 Å². The Morgan fingerprint density at radius 2 is 1.80 bits per heavy atom. The van der Waals surface area contributed by atoms with E-state index in [2.05, 4.69) is 27.7 Å². The summed E-state index contributed by atoms with van der Waals surface area (Å²) in [5.74, 6) is -1.01. The highest BCUT2D eigenvalue weighted by atomic mass is 16.4. The molecular formula is C19H29N3O3. The second-order valence-corrected chi connectivity index (χ2v) is 7.79. The lowest BCUT2D eigenvalue weighted by Gasteiger charge is -2.33. The molecule has 0 aromatic heterocycles. The van der Waals surface area contributed by atoms with E-state index in [9.17, 15) is 14.7 Å². The monoisotopic (exact) mass is 347 g/mol. The lowest BCUT2D eigenvalue weighted by Crippen LogP contribution is -2.55. The third-order valence-electron chi connectivity index (χ3n) is 4.56. The van der Waals surface area contributed by atoms with Crippen molar-refractivity contribution in [1.82, 2.24) is 15.5 Å². The van der Waals surface area contributed by atoms with Gasteiger partial charge in [-0.25, -0.2) is 9.59 Å². The quantitative estimate of drug-likeness (QED) is 0.764. The Kier molecular flexibility index (Phi) is 6.42. The Hall–Kier alpha value is -2.08. The molecule has 0 aliphatic carbocycles. The largest absolute Gasteiger partial charge is 0.480 e. The number of carboxylic acid groups (broad SMARTS) is 1. The number of hydrogen-bond acceptors (Lipinski definition) is 3. The van der Waals surface area contributed by atoms with Crippen molar-refractivity contribution < 1.29 is 14.7 Å². The zero-order valence-electron chi connectivity index (χ0n) is 15.3. The fourth-order valence-corrected chi connectivity index (χ4v) is 3.08. The van der Waals surface area contributed by atoms with E-state index in [0.717, 1.165) is 32.5 Å². The fourth-order valence-electron chi connectivity index (χ4n) is 3.08. The van der Waals surface area contributed by atoms with Crippen LogP contribution in [0.15, 0.2) is 30.3 Å². The van der Waals surface area contributed by atoms with Crippen molar-refractivity contribution in [3.63, 3.8) is 0 Å². The van der Waals surface area contributed by atoms with E-state index in [1.807, 2.05) is 18.2 Å². The van der Waals surface area contributed by atoms with E-state index in [4.69, 9.17) is 0 Å². The minimum Gasteiger partial charge on any atom is -0.480 e. The molecule has 1 heterocycles. The Balaban J connectivity index is 1.77. The number of nitrogens with one attached hydrogen (secondary N) is 2. The summed E-state index contributed by atoms with van der Waals surface area (Å²) >= 11 is 0. The SMILES string of the molecule is CC(C)(C)[C@H](NC(=O)NC1CCN(Cc2ccccc2)CC1)C(=O)O. The number of aliphatic carboxylic acids is 1. The van der Waals surface area contributed by atoms with Crippen molar-refractivity contribution in [2.45, 2.75) is 52.2 Å². The molecule has 25 heavy (non-hydrogen) atoms. The predicted octanol–water partition coefficient (Wildman–Crippen LogP) is 2.45. The van der Waals surface area contributed by atoms with Gasteiger partial charge in [0, 0.05) is 25.7 Å². The molecule has 1 aliphatic heterocycles. The van der Waals surface area contributed by atoms with Crippen LogP contribution in [0.3, 0.4) is 0 Å². The highest BCUT2D eigenvalue weighted by Crippen LogP contribution is 2.19. The van der Waals surface area contributed by atoms with Crippen LogP contribution in [0.1, 0.15) is 39.2 Å². The van der Waals surface area contributed by atoms with Gasteiger partial charge in [0.05, 0.1) is 0 Å². The van der Waals surface area contributed by atoms with Crippen molar-refractivity contribution >= 4 is 12.0 Å². The highest BCUT2D eigenvalue weighted by molar-refractivity contribution is 5.83. The molecule has 0 radical (unpaired) electrons. The van der Waals surface area contributed by atoms with Crippen LogP contribution in [-0.4, -0.2) is 47.2 Å². The van der Waals surface area contributed by atoms with Gasteiger partial charge in [-0.05, 0) is 23.8 Å². The van der Waals surface area contributed by atoms with Crippen LogP contribution in [0.25, 0.3) is 0 Å². The molecule has 0 spiro atoms. The topological polar surface area (TPSA) is 81.7 Å². The summed E-state index contributed by atoms with van der Waals surface area (Å²) in [5, 5.41) is 14.8. The van der Waals surface area contributed by atoms with Gasteiger partial charge >= 0.3 is 12.0 Å². The van der Waals surface area contributed by atoms with Crippen molar-refractivity contribution in [2.75, 3.05) is 13.1 Å². The number of carboxylic acids is 1. The molecule has 1 aliphatic rings. The van der Waals surface area contributed by atoms with Gasteiger partial charge in [0.2, 0.25) is 0 Å². The van der Waals surface area contributed by atoms with E-state index in [-0.39, 0.29) is 6.04 Å². The molecule has 138 valence electrons. The number of carbonyl (C=O) groups is 2. The highest BCUT2D eigenvalue weighted by Gasteiger charge is 2.33. The summed E-state index contributed by atoms with van der Waals surface area (Å²) in [4.78, 5) is 25.9.